The fourth-order valence-electron chi connectivity index (χ4n) is 1.27. The molecule has 0 radical (unpaired) electrons. The summed E-state index contributed by atoms with van der Waals surface area (Å²) in [6.07, 6.45) is 0.693. The van der Waals surface area contributed by atoms with Crippen LogP contribution >= 0.6 is 11.6 Å². The third kappa shape index (κ3) is 3.24. The van der Waals surface area contributed by atoms with Crippen molar-refractivity contribution in [2.45, 2.75) is 20.3 Å². The lowest BCUT2D eigenvalue weighted by molar-refractivity contribution is 0.0505. The number of hydrogen-bond donors (Lipinski definition) is 0. The summed E-state index contributed by atoms with van der Waals surface area (Å²) in [5.74, 6) is 0.251. The minimum absolute atomic E-state index is 0.263. The molecule has 0 aliphatic rings. The second kappa shape index (κ2) is 5.76. The van der Waals surface area contributed by atoms with Crippen LogP contribution in [0, 0.1) is 13.8 Å². The van der Waals surface area contributed by atoms with E-state index >= 15 is 0 Å². The molecule has 82 valence electrons. The molecule has 2 nitrogen and oxygen atoms in total. The quantitative estimate of drug-likeness (QED) is 0.448. The first kappa shape index (κ1) is 12.1. The third-order valence-electron chi connectivity index (χ3n) is 2.34. The van der Waals surface area contributed by atoms with Crippen LogP contribution in [-0.4, -0.2) is 18.5 Å². The van der Waals surface area contributed by atoms with Gasteiger partial charge < -0.3 is 4.74 Å². The molecule has 0 aromatic heterocycles. The molecule has 0 spiro atoms. The Bertz CT molecular complexity index is 347. The Morgan fingerprint density at radius 3 is 2.80 bits per heavy atom. The number of ether oxygens (including phenoxy) is 1. The molecule has 0 N–H and O–H groups in total. The molecule has 1 aromatic carbocycles. The zero-order chi connectivity index (χ0) is 11.3. The van der Waals surface area contributed by atoms with Crippen molar-refractivity contribution in [2.75, 3.05) is 12.5 Å². The Labute approximate surface area is 95.2 Å². The van der Waals surface area contributed by atoms with E-state index in [9.17, 15) is 4.79 Å². The predicted octanol–water partition coefficient (Wildman–Crippen LogP) is 3.09. The van der Waals surface area contributed by atoms with Gasteiger partial charge in [0, 0.05) is 5.88 Å². The molecular formula is C12H15ClO2. The van der Waals surface area contributed by atoms with E-state index in [-0.39, 0.29) is 5.97 Å². The van der Waals surface area contributed by atoms with Crippen molar-refractivity contribution in [3.05, 3.63) is 34.9 Å². The molecule has 15 heavy (non-hydrogen) atoms. The van der Waals surface area contributed by atoms with Gasteiger partial charge in [0.1, 0.15) is 0 Å². The van der Waals surface area contributed by atoms with Gasteiger partial charge in [0.05, 0.1) is 12.2 Å². The summed E-state index contributed by atoms with van der Waals surface area (Å²) in [6, 6.07) is 5.62. The maximum atomic E-state index is 11.6. The average Bonchev–Trinajstić information content (AvgIpc) is 2.22. The molecule has 0 bridgehead atoms. The topological polar surface area (TPSA) is 26.3 Å². The summed E-state index contributed by atoms with van der Waals surface area (Å²) >= 11 is 5.50. The fraction of sp³-hybridized carbons (Fsp3) is 0.417. The van der Waals surface area contributed by atoms with Gasteiger partial charge in [-0.2, -0.15) is 0 Å². The monoisotopic (exact) mass is 226 g/mol. The van der Waals surface area contributed by atoms with E-state index in [1.807, 2.05) is 26.0 Å². The first-order valence-electron chi connectivity index (χ1n) is 4.96. The molecule has 0 aliphatic carbocycles. The molecule has 0 unspecified atom stereocenters. The standard InChI is InChI=1S/C12H15ClO2/c1-9-5-3-6-11(10(9)2)12(14)15-8-4-7-13/h3,5-6H,4,7-8H2,1-2H3. The highest BCUT2D eigenvalue weighted by atomic mass is 35.5. The highest BCUT2D eigenvalue weighted by Crippen LogP contribution is 2.13. The number of alkyl halides is 1. The first-order chi connectivity index (χ1) is 7.16. The van der Waals surface area contributed by atoms with Gasteiger partial charge in [-0.15, -0.1) is 11.6 Å². The Morgan fingerprint density at radius 1 is 1.40 bits per heavy atom. The smallest absolute Gasteiger partial charge is 0.338 e. The van der Waals surface area contributed by atoms with Crippen LogP contribution in [-0.2, 0) is 4.74 Å². The summed E-state index contributed by atoms with van der Waals surface area (Å²) in [7, 11) is 0. The van der Waals surface area contributed by atoms with Gasteiger partial charge in [-0.25, -0.2) is 4.79 Å². The summed E-state index contributed by atoms with van der Waals surface area (Å²) in [5.41, 5.74) is 2.72. The minimum atomic E-state index is -0.263. The van der Waals surface area contributed by atoms with Gasteiger partial charge in [0.25, 0.3) is 0 Å². The summed E-state index contributed by atoms with van der Waals surface area (Å²) in [5, 5.41) is 0. The molecule has 0 aliphatic heterocycles. The number of rotatable bonds is 4. The Morgan fingerprint density at radius 2 is 2.13 bits per heavy atom. The highest BCUT2D eigenvalue weighted by Gasteiger charge is 2.10. The van der Waals surface area contributed by atoms with Crippen molar-refractivity contribution in [1.82, 2.24) is 0 Å². The third-order valence-corrected chi connectivity index (χ3v) is 2.60. The lowest BCUT2D eigenvalue weighted by Crippen LogP contribution is -2.09. The molecule has 1 rings (SSSR count). The number of benzene rings is 1. The van der Waals surface area contributed by atoms with Crippen LogP contribution in [0.4, 0.5) is 0 Å². The van der Waals surface area contributed by atoms with Crippen molar-refractivity contribution >= 4 is 17.6 Å². The number of halogens is 1. The maximum absolute atomic E-state index is 11.6. The normalized spacial score (nSPS) is 10.1. The minimum Gasteiger partial charge on any atom is -0.462 e. The number of hydrogen-bond acceptors (Lipinski definition) is 2. The van der Waals surface area contributed by atoms with E-state index in [1.165, 1.54) is 0 Å². The van der Waals surface area contributed by atoms with Crippen molar-refractivity contribution < 1.29 is 9.53 Å². The fourth-order valence-corrected chi connectivity index (χ4v) is 1.38. The molecule has 1 aromatic rings. The molecule has 0 fully saturated rings. The van der Waals surface area contributed by atoms with Gasteiger partial charge in [-0.1, -0.05) is 12.1 Å². The Balaban J connectivity index is 2.69. The van der Waals surface area contributed by atoms with Crippen LogP contribution < -0.4 is 0 Å². The molecule has 0 heterocycles. The SMILES string of the molecule is Cc1cccc(C(=O)OCCCCl)c1C. The van der Waals surface area contributed by atoms with Crippen molar-refractivity contribution in [3.63, 3.8) is 0 Å². The summed E-state index contributed by atoms with van der Waals surface area (Å²) in [6.45, 7) is 4.29. The molecule has 3 heteroatoms. The van der Waals surface area contributed by atoms with Crippen molar-refractivity contribution in [3.8, 4) is 0 Å². The number of aryl methyl sites for hydroxylation is 1. The zero-order valence-corrected chi connectivity index (χ0v) is 9.80. The van der Waals surface area contributed by atoms with Gasteiger partial charge in [0.15, 0.2) is 0 Å². The van der Waals surface area contributed by atoms with E-state index in [0.29, 0.717) is 24.5 Å². The molecule has 0 atom stereocenters. The predicted molar refractivity (Wildman–Crippen MR) is 61.5 cm³/mol. The van der Waals surface area contributed by atoms with E-state index in [0.717, 1.165) is 11.1 Å². The van der Waals surface area contributed by atoms with E-state index in [1.54, 1.807) is 6.07 Å². The second-order valence-corrected chi connectivity index (χ2v) is 3.80. The van der Waals surface area contributed by atoms with Crippen LogP contribution in [0.5, 0.6) is 0 Å². The van der Waals surface area contributed by atoms with Gasteiger partial charge in [-0.3, -0.25) is 0 Å². The van der Waals surface area contributed by atoms with Gasteiger partial charge >= 0.3 is 5.97 Å². The number of carbonyl (C=O) groups excluding carboxylic acids is 1. The Kier molecular flexibility index (Phi) is 4.63. The van der Waals surface area contributed by atoms with Crippen LogP contribution in [0.2, 0.25) is 0 Å². The maximum Gasteiger partial charge on any atom is 0.338 e. The van der Waals surface area contributed by atoms with Crippen LogP contribution in [0.25, 0.3) is 0 Å². The highest BCUT2D eigenvalue weighted by molar-refractivity contribution is 6.17. The zero-order valence-electron chi connectivity index (χ0n) is 9.05. The van der Waals surface area contributed by atoms with Crippen LogP contribution in [0.1, 0.15) is 27.9 Å². The molecule has 0 saturated heterocycles. The molecular weight excluding hydrogens is 212 g/mol. The summed E-state index contributed by atoms with van der Waals surface area (Å²) in [4.78, 5) is 11.6. The Hall–Kier alpha value is -1.02. The van der Waals surface area contributed by atoms with Crippen molar-refractivity contribution in [2.24, 2.45) is 0 Å². The molecule has 0 amide bonds. The summed E-state index contributed by atoms with van der Waals surface area (Å²) < 4.78 is 5.08. The average molecular weight is 227 g/mol. The largest absolute Gasteiger partial charge is 0.462 e. The lowest BCUT2D eigenvalue weighted by atomic mass is 10.0. The number of carbonyl (C=O) groups is 1. The van der Waals surface area contributed by atoms with E-state index in [2.05, 4.69) is 0 Å². The molecule has 0 saturated carbocycles. The van der Waals surface area contributed by atoms with Gasteiger partial charge in [-0.05, 0) is 37.5 Å². The second-order valence-electron chi connectivity index (χ2n) is 3.43. The van der Waals surface area contributed by atoms with Crippen LogP contribution in [0.15, 0.2) is 18.2 Å². The van der Waals surface area contributed by atoms with Gasteiger partial charge in [0.2, 0.25) is 0 Å². The lowest BCUT2D eigenvalue weighted by Gasteiger charge is -2.08. The van der Waals surface area contributed by atoms with Crippen molar-refractivity contribution in [1.29, 1.82) is 0 Å². The number of esters is 1. The van der Waals surface area contributed by atoms with E-state index in [4.69, 9.17) is 16.3 Å². The van der Waals surface area contributed by atoms with Crippen LogP contribution in [0.3, 0.4) is 0 Å². The first-order valence-corrected chi connectivity index (χ1v) is 5.49. The van der Waals surface area contributed by atoms with E-state index < -0.39 is 0 Å².